The van der Waals surface area contributed by atoms with Gasteiger partial charge in [0.15, 0.2) is 0 Å². The van der Waals surface area contributed by atoms with Gasteiger partial charge in [0.2, 0.25) is 0 Å². The van der Waals surface area contributed by atoms with Crippen LogP contribution in [0.25, 0.3) is 0 Å². The molecule has 0 radical (unpaired) electrons. The third-order valence-corrected chi connectivity index (χ3v) is 5.59. The van der Waals surface area contributed by atoms with Crippen LogP contribution in [0, 0.1) is 5.92 Å². The molecule has 0 aromatic rings. The van der Waals surface area contributed by atoms with Crippen molar-refractivity contribution in [3.8, 4) is 0 Å². The third kappa shape index (κ3) is 3.73. The van der Waals surface area contributed by atoms with E-state index >= 15 is 0 Å². The monoisotopic (exact) mass is 307 g/mol. The molecule has 3 heteroatoms. The van der Waals surface area contributed by atoms with Crippen LogP contribution >= 0.6 is 0 Å². The predicted octanol–water partition coefficient (Wildman–Crippen LogP) is 4.62. The predicted molar refractivity (Wildman–Crippen MR) is 91.0 cm³/mol. The summed E-state index contributed by atoms with van der Waals surface area (Å²) in [6.45, 7) is 11.1. The summed E-state index contributed by atoms with van der Waals surface area (Å²) in [5.74, 6) is -0.425. The highest BCUT2D eigenvalue weighted by atomic mass is 16.4. The number of rotatable bonds is 3. The zero-order chi connectivity index (χ0) is 16.5. The Labute approximate surface area is 135 Å². The average Bonchev–Trinajstić information content (AvgIpc) is 2.36. The fourth-order valence-electron chi connectivity index (χ4n) is 5.24. The number of hydrogen-bond donors (Lipinski definition) is 1. The number of carboxylic acids is 1. The van der Waals surface area contributed by atoms with Crippen LogP contribution in [0.1, 0.15) is 79.6 Å². The van der Waals surface area contributed by atoms with Gasteiger partial charge in [0.1, 0.15) is 0 Å². The van der Waals surface area contributed by atoms with Crippen molar-refractivity contribution >= 4 is 5.97 Å². The molecule has 0 aromatic heterocycles. The van der Waals surface area contributed by atoms with Gasteiger partial charge in [-0.1, -0.05) is 25.3 Å². The quantitative estimate of drug-likeness (QED) is 0.773. The first-order valence-electron chi connectivity index (χ1n) is 8.85. The first kappa shape index (κ1) is 17.5. The topological polar surface area (TPSA) is 40.5 Å². The van der Waals surface area contributed by atoms with E-state index in [1.54, 1.807) is 6.92 Å². The molecule has 1 aliphatic carbocycles. The highest BCUT2D eigenvalue weighted by Crippen LogP contribution is 2.45. The Morgan fingerprint density at radius 3 is 2.00 bits per heavy atom. The lowest BCUT2D eigenvalue weighted by atomic mass is 9.71. The van der Waals surface area contributed by atoms with Crippen LogP contribution < -0.4 is 0 Å². The van der Waals surface area contributed by atoms with E-state index in [1.165, 1.54) is 32.1 Å². The van der Waals surface area contributed by atoms with E-state index in [-0.39, 0.29) is 11.1 Å². The third-order valence-electron chi connectivity index (χ3n) is 5.59. The number of hydrogen-bond acceptors (Lipinski definition) is 2. The molecule has 2 aliphatic rings. The molecule has 0 spiro atoms. The van der Waals surface area contributed by atoms with Gasteiger partial charge in [-0.25, -0.2) is 4.79 Å². The fourth-order valence-corrected chi connectivity index (χ4v) is 5.24. The van der Waals surface area contributed by atoms with E-state index in [2.05, 4.69) is 32.6 Å². The molecule has 0 amide bonds. The maximum atomic E-state index is 11.1. The molecule has 0 unspecified atom stereocenters. The molecule has 22 heavy (non-hydrogen) atoms. The van der Waals surface area contributed by atoms with Crippen molar-refractivity contribution in [2.24, 2.45) is 5.92 Å². The van der Waals surface area contributed by atoms with Crippen LogP contribution in [0.3, 0.4) is 0 Å². The van der Waals surface area contributed by atoms with Crippen molar-refractivity contribution in [3.05, 3.63) is 11.6 Å². The maximum absolute atomic E-state index is 11.1. The second-order valence-corrected chi connectivity index (χ2v) is 8.61. The van der Waals surface area contributed by atoms with Crippen molar-refractivity contribution in [1.82, 2.24) is 4.90 Å². The van der Waals surface area contributed by atoms with Crippen molar-refractivity contribution in [1.29, 1.82) is 0 Å². The number of carboxylic acid groups (broad SMARTS) is 1. The molecule has 1 saturated heterocycles. The molecule has 126 valence electrons. The van der Waals surface area contributed by atoms with Crippen LogP contribution in [0.2, 0.25) is 0 Å². The van der Waals surface area contributed by atoms with Gasteiger partial charge in [-0.05, 0) is 66.2 Å². The molecule has 3 nitrogen and oxygen atoms in total. The SMILES string of the molecule is C/C(=C\C1CC(C)(C)N(C2CCCCC2)C(C)(C)C1)C(=O)O. The molecule has 1 N–H and O–H groups in total. The van der Waals surface area contributed by atoms with Crippen molar-refractivity contribution in [2.75, 3.05) is 0 Å². The minimum atomic E-state index is -0.787. The summed E-state index contributed by atoms with van der Waals surface area (Å²) in [6.07, 6.45) is 10.8. The smallest absolute Gasteiger partial charge is 0.330 e. The standard InChI is InChI=1S/C19H33NO2/c1-14(17(21)22)11-15-12-18(2,3)20(19(4,5)13-15)16-9-7-6-8-10-16/h11,15-16H,6-10,12-13H2,1-5H3,(H,21,22)/b14-11+. The first-order valence-corrected chi connectivity index (χ1v) is 8.85. The summed E-state index contributed by atoms with van der Waals surface area (Å²) < 4.78 is 0. The van der Waals surface area contributed by atoms with Crippen molar-refractivity contribution in [3.63, 3.8) is 0 Å². The fraction of sp³-hybridized carbons (Fsp3) is 0.842. The minimum Gasteiger partial charge on any atom is -0.478 e. The lowest BCUT2D eigenvalue weighted by Crippen LogP contribution is -2.64. The Hall–Kier alpha value is -0.830. The summed E-state index contributed by atoms with van der Waals surface area (Å²) in [5.41, 5.74) is 0.746. The summed E-state index contributed by atoms with van der Waals surface area (Å²) >= 11 is 0. The number of carbonyl (C=O) groups is 1. The van der Waals surface area contributed by atoms with E-state index in [4.69, 9.17) is 5.11 Å². The Kier molecular flexibility index (Phi) is 5.06. The number of allylic oxidation sites excluding steroid dienone is 1. The zero-order valence-electron chi connectivity index (χ0n) is 15.0. The van der Waals surface area contributed by atoms with Crippen LogP contribution in [0.5, 0.6) is 0 Å². The Balaban J connectivity index is 2.22. The Bertz CT molecular complexity index is 426. The molecule has 0 atom stereocenters. The number of aliphatic carboxylic acids is 1. The molecular formula is C19H33NO2. The highest BCUT2D eigenvalue weighted by molar-refractivity contribution is 5.85. The second kappa shape index (κ2) is 6.35. The molecular weight excluding hydrogens is 274 g/mol. The summed E-state index contributed by atoms with van der Waals surface area (Å²) in [4.78, 5) is 13.9. The van der Waals surface area contributed by atoms with E-state index in [0.29, 0.717) is 17.5 Å². The molecule has 1 aliphatic heterocycles. The summed E-state index contributed by atoms with van der Waals surface area (Å²) in [5, 5.41) is 9.15. The molecule has 0 bridgehead atoms. The van der Waals surface area contributed by atoms with Crippen molar-refractivity contribution < 1.29 is 9.90 Å². The van der Waals surface area contributed by atoms with E-state index < -0.39 is 5.97 Å². The normalized spacial score (nSPS) is 27.8. The largest absolute Gasteiger partial charge is 0.478 e. The average molecular weight is 307 g/mol. The highest BCUT2D eigenvalue weighted by Gasteiger charge is 2.47. The van der Waals surface area contributed by atoms with Crippen LogP contribution in [-0.2, 0) is 4.79 Å². The summed E-state index contributed by atoms with van der Waals surface area (Å²) in [7, 11) is 0. The molecule has 2 rings (SSSR count). The lowest BCUT2D eigenvalue weighted by molar-refractivity contribution is -0.132. The lowest BCUT2D eigenvalue weighted by Gasteiger charge is -2.59. The minimum absolute atomic E-state index is 0.129. The molecule has 0 aromatic carbocycles. The van der Waals surface area contributed by atoms with Gasteiger partial charge in [0.05, 0.1) is 0 Å². The molecule has 1 heterocycles. The van der Waals surface area contributed by atoms with Gasteiger partial charge in [0, 0.05) is 22.7 Å². The Morgan fingerprint density at radius 1 is 1.05 bits per heavy atom. The van der Waals surface area contributed by atoms with Gasteiger partial charge in [0.25, 0.3) is 0 Å². The van der Waals surface area contributed by atoms with Gasteiger partial charge >= 0.3 is 5.97 Å². The first-order chi connectivity index (χ1) is 10.1. The second-order valence-electron chi connectivity index (χ2n) is 8.61. The van der Waals surface area contributed by atoms with E-state index in [9.17, 15) is 4.79 Å². The maximum Gasteiger partial charge on any atom is 0.330 e. The van der Waals surface area contributed by atoms with Crippen LogP contribution in [0.4, 0.5) is 0 Å². The van der Waals surface area contributed by atoms with Crippen molar-refractivity contribution in [2.45, 2.75) is 96.7 Å². The van der Waals surface area contributed by atoms with Gasteiger partial charge < -0.3 is 5.11 Å². The number of piperidine rings is 1. The number of likely N-dealkylation sites (tertiary alicyclic amines) is 1. The summed E-state index contributed by atoms with van der Waals surface area (Å²) in [6, 6.07) is 0.698. The Morgan fingerprint density at radius 2 is 1.55 bits per heavy atom. The molecule has 2 fully saturated rings. The van der Waals surface area contributed by atoms with Gasteiger partial charge in [-0.15, -0.1) is 0 Å². The number of nitrogens with zero attached hydrogens (tertiary/aromatic N) is 1. The van der Waals surface area contributed by atoms with Gasteiger partial charge in [-0.3, -0.25) is 4.90 Å². The van der Waals surface area contributed by atoms with E-state index in [0.717, 1.165) is 12.8 Å². The van der Waals surface area contributed by atoms with E-state index in [1.807, 2.05) is 6.08 Å². The van der Waals surface area contributed by atoms with Crippen LogP contribution in [-0.4, -0.2) is 33.1 Å². The molecule has 1 saturated carbocycles. The van der Waals surface area contributed by atoms with Gasteiger partial charge in [-0.2, -0.15) is 0 Å². The zero-order valence-corrected chi connectivity index (χ0v) is 15.0. The van der Waals surface area contributed by atoms with Crippen LogP contribution in [0.15, 0.2) is 11.6 Å².